The van der Waals surface area contributed by atoms with Gasteiger partial charge in [-0.15, -0.1) is 0 Å². The van der Waals surface area contributed by atoms with Gasteiger partial charge in [-0.25, -0.2) is 0 Å². The van der Waals surface area contributed by atoms with Crippen molar-refractivity contribution in [2.24, 2.45) is 4.99 Å². The van der Waals surface area contributed by atoms with Crippen LogP contribution in [0.2, 0.25) is 0 Å². The average Bonchev–Trinajstić information content (AvgIpc) is 3.05. The van der Waals surface area contributed by atoms with Crippen molar-refractivity contribution < 1.29 is 9.53 Å². The molecule has 0 bridgehead atoms. The molecule has 1 aliphatic rings. The van der Waals surface area contributed by atoms with Gasteiger partial charge in [-0.05, 0) is 51.3 Å². The number of guanidine groups is 1. The summed E-state index contributed by atoms with van der Waals surface area (Å²) in [7, 11) is 1.75. The second-order valence-electron chi connectivity index (χ2n) is 6.99. The Morgan fingerprint density at radius 3 is 2.79 bits per heavy atom. The fourth-order valence-electron chi connectivity index (χ4n) is 2.49. The number of anilines is 1. The molecule has 2 rings (SSSR count). The molecule has 6 nitrogen and oxygen atoms in total. The number of nitrogens with one attached hydrogen (secondary N) is 3. The highest BCUT2D eigenvalue weighted by molar-refractivity contribution is 5.94. The summed E-state index contributed by atoms with van der Waals surface area (Å²) in [6.07, 6.45) is 1.42. The fraction of sp³-hybridized carbons (Fsp3) is 0.556. The van der Waals surface area contributed by atoms with Crippen LogP contribution in [0.15, 0.2) is 29.3 Å². The Bertz CT molecular complexity index is 587. The minimum atomic E-state index is -0.318. The van der Waals surface area contributed by atoms with Crippen LogP contribution in [-0.4, -0.2) is 37.2 Å². The summed E-state index contributed by atoms with van der Waals surface area (Å²) in [5.74, 6) is 0.680. The van der Waals surface area contributed by atoms with Gasteiger partial charge < -0.3 is 20.7 Å². The maximum atomic E-state index is 12.1. The third-order valence-corrected chi connectivity index (χ3v) is 3.59. The summed E-state index contributed by atoms with van der Waals surface area (Å²) in [6.45, 7) is 7.55. The summed E-state index contributed by atoms with van der Waals surface area (Å²) in [6, 6.07) is 7.80. The van der Waals surface area contributed by atoms with E-state index in [9.17, 15) is 4.79 Å². The fourth-order valence-corrected chi connectivity index (χ4v) is 2.49. The summed E-state index contributed by atoms with van der Waals surface area (Å²) in [5, 5.41) is 9.52. The zero-order valence-electron chi connectivity index (χ0n) is 15.0. The molecular formula is C18H28N4O2. The van der Waals surface area contributed by atoms with Crippen molar-refractivity contribution in [2.75, 3.05) is 19.0 Å². The van der Waals surface area contributed by atoms with Crippen LogP contribution >= 0.6 is 0 Å². The van der Waals surface area contributed by atoms with Gasteiger partial charge in [0.15, 0.2) is 5.96 Å². The molecule has 0 spiro atoms. The molecule has 6 heteroatoms. The Morgan fingerprint density at radius 2 is 2.17 bits per heavy atom. The lowest BCUT2D eigenvalue weighted by Gasteiger charge is -2.23. The maximum Gasteiger partial charge on any atom is 0.253 e. The van der Waals surface area contributed by atoms with Crippen LogP contribution in [0.5, 0.6) is 0 Å². The number of hydrogen-bond donors (Lipinski definition) is 3. The van der Waals surface area contributed by atoms with Crippen molar-refractivity contribution in [3.63, 3.8) is 0 Å². The van der Waals surface area contributed by atoms with E-state index in [1.807, 2.05) is 24.3 Å². The van der Waals surface area contributed by atoms with E-state index in [4.69, 9.17) is 4.74 Å². The molecule has 0 aromatic heterocycles. The molecule has 1 aliphatic heterocycles. The smallest absolute Gasteiger partial charge is 0.253 e. The molecule has 1 amide bonds. The molecule has 1 fully saturated rings. The summed E-state index contributed by atoms with van der Waals surface area (Å²) >= 11 is 0. The van der Waals surface area contributed by atoms with Gasteiger partial charge in [-0.1, -0.05) is 12.1 Å². The van der Waals surface area contributed by atoms with Crippen molar-refractivity contribution in [3.05, 3.63) is 29.8 Å². The highest BCUT2D eigenvalue weighted by Crippen LogP contribution is 2.16. The van der Waals surface area contributed by atoms with Gasteiger partial charge in [0.05, 0.1) is 0 Å². The molecule has 1 heterocycles. The maximum absolute atomic E-state index is 12.1. The van der Waals surface area contributed by atoms with Gasteiger partial charge in [0.1, 0.15) is 6.10 Å². The Kier molecular flexibility index (Phi) is 6.20. The average molecular weight is 332 g/mol. The summed E-state index contributed by atoms with van der Waals surface area (Å²) < 4.78 is 5.41. The van der Waals surface area contributed by atoms with E-state index in [0.29, 0.717) is 13.2 Å². The number of hydrogen-bond acceptors (Lipinski definition) is 3. The number of benzene rings is 1. The molecular weight excluding hydrogens is 304 g/mol. The number of aliphatic imine (C=N–C) groups is 1. The van der Waals surface area contributed by atoms with Crippen LogP contribution in [-0.2, 0) is 16.1 Å². The molecule has 0 radical (unpaired) electrons. The minimum absolute atomic E-state index is 0.0566. The molecule has 0 saturated carbocycles. The summed E-state index contributed by atoms with van der Waals surface area (Å²) in [4.78, 5) is 16.3. The van der Waals surface area contributed by atoms with E-state index in [2.05, 4.69) is 41.7 Å². The highest BCUT2D eigenvalue weighted by Gasteiger charge is 2.23. The molecule has 24 heavy (non-hydrogen) atoms. The monoisotopic (exact) mass is 332 g/mol. The van der Waals surface area contributed by atoms with Crippen molar-refractivity contribution in [1.29, 1.82) is 0 Å². The van der Waals surface area contributed by atoms with E-state index >= 15 is 0 Å². The van der Waals surface area contributed by atoms with E-state index in [1.165, 1.54) is 0 Å². The normalized spacial score (nSPS) is 18.3. The third kappa shape index (κ3) is 5.85. The van der Waals surface area contributed by atoms with Gasteiger partial charge in [-0.2, -0.15) is 0 Å². The molecule has 1 atom stereocenters. The first kappa shape index (κ1) is 18.3. The number of nitrogens with zero attached hydrogens (tertiary/aromatic N) is 1. The Hall–Kier alpha value is -2.08. The van der Waals surface area contributed by atoms with E-state index in [-0.39, 0.29) is 17.6 Å². The number of ether oxygens (including phenoxy) is 1. The zero-order chi connectivity index (χ0) is 17.6. The first-order valence-electron chi connectivity index (χ1n) is 8.37. The molecule has 0 aliphatic carbocycles. The third-order valence-electron chi connectivity index (χ3n) is 3.59. The topological polar surface area (TPSA) is 74.8 Å². The molecule has 1 saturated heterocycles. The van der Waals surface area contributed by atoms with Gasteiger partial charge in [0.25, 0.3) is 5.91 Å². The van der Waals surface area contributed by atoms with E-state index in [0.717, 1.165) is 30.1 Å². The lowest BCUT2D eigenvalue weighted by Crippen LogP contribution is -2.47. The van der Waals surface area contributed by atoms with Gasteiger partial charge in [0, 0.05) is 31.4 Å². The molecule has 1 aromatic rings. The predicted octanol–water partition coefficient (Wildman–Crippen LogP) is 2.27. The van der Waals surface area contributed by atoms with Crippen LogP contribution in [0, 0.1) is 0 Å². The van der Waals surface area contributed by atoms with Crippen LogP contribution in [0.4, 0.5) is 5.69 Å². The highest BCUT2D eigenvalue weighted by atomic mass is 16.5. The second kappa shape index (κ2) is 8.15. The standard InChI is InChI=1S/C18H28N4O2/c1-18(2,3)22-17(19-4)20-12-13-7-5-8-14(11-13)21-16(23)15-9-6-10-24-15/h5,7-8,11,15H,6,9-10,12H2,1-4H3,(H,21,23)(H2,19,20,22). The first-order valence-corrected chi connectivity index (χ1v) is 8.37. The summed E-state index contributed by atoms with van der Waals surface area (Å²) in [5.41, 5.74) is 1.80. The Labute approximate surface area is 144 Å². The van der Waals surface area contributed by atoms with E-state index < -0.39 is 0 Å². The Balaban J connectivity index is 1.91. The van der Waals surface area contributed by atoms with Crippen LogP contribution in [0.1, 0.15) is 39.2 Å². The van der Waals surface area contributed by atoms with Crippen molar-refractivity contribution in [3.8, 4) is 0 Å². The zero-order valence-corrected chi connectivity index (χ0v) is 15.0. The van der Waals surface area contributed by atoms with Crippen LogP contribution < -0.4 is 16.0 Å². The number of carbonyl (C=O) groups excluding carboxylic acids is 1. The molecule has 1 aromatic carbocycles. The molecule has 3 N–H and O–H groups in total. The lowest BCUT2D eigenvalue weighted by molar-refractivity contribution is -0.124. The predicted molar refractivity (Wildman–Crippen MR) is 97.1 cm³/mol. The Morgan fingerprint density at radius 1 is 1.38 bits per heavy atom. The van der Waals surface area contributed by atoms with E-state index in [1.54, 1.807) is 7.05 Å². The molecule has 132 valence electrons. The van der Waals surface area contributed by atoms with Crippen LogP contribution in [0.3, 0.4) is 0 Å². The number of carbonyl (C=O) groups is 1. The largest absolute Gasteiger partial charge is 0.368 e. The van der Waals surface area contributed by atoms with Gasteiger partial charge in [-0.3, -0.25) is 9.79 Å². The molecule has 1 unspecified atom stereocenters. The van der Waals surface area contributed by atoms with Crippen molar-refractivity contribution >= 4 is 17.6 Å². The minimum Gasteiger partial charge on any atom is -0.368 e. The number of rotatable bonds is 4. The second-order valence-corrected chi connectivity index (χ2v) is 6.99. The number of amides is 1. The van der Waals surface area contributed by atoms with Gasteiger partial charge >= 0.3 is 0 Å². The lowest BCUT2D eigenvalue weighted by atomic mass is 10.1. The quantitative estimate of drug-likeness (QED) is 0.584. The van der Waals surface area contributed by atoms with Crippen molar-refractivity contribution in [1.82, 2.24) is 10.6 Å². The van der Waals surface area contributed by atoms with Crippen LogP contribution in [0.25, 0.3) is 0 Å². The van der Waals surface area contributed by atoms with Crippen molar-refractivity contribution in [2.45, 2.75) is 51.8 Å². The SMILES string of the molecule is CN=C(NCc1cccc(NC(=O)C2CCCO2)c1)NC(C)(C)C. The first-order chi connectivity index (χ1) is 11.4. The van der Waals surface area contributed by atoms with Gasteiger partial charge in [0.2, 0.25) is 0 Å².